The molecule has 1 amide bonds. The zero-order valence-corrected chi connectivity index (χ0v) is 13.3. The molecule has 1 aromatic carbocycles. The molecule has 1 aromatic heterocycles. The van der Waals surface area contributed by atoms with Gasteiger partial charge >= 0.3 is 0 Å². The van der Waals surface area contributed by atoms with Gasteiger partial charge in [-0.05, 0) is 49.7 Å². The van der Waals surface area contributed by atoms with Crippen LogP contribution in [0.3, 0.4) is 0 Å². The molecule has 1 heterocycles. The van der Waals surface area contributed by atoms with Crippen LogP contribution >= 0.6 is 11.6 Å². The van der Waals surface area contributed by atoms with Crippen molar-refractivity contribution >= 4 is 23.2 Å². The van der Waals surface area contributed by atoms with Crippen LogP contribution in [0.4, 0.5) is 5.69 Å². The largest absolute Gasteiger partial charge is 0.321 e. The summed E-state index contributed by atoms with van der Waals surface area (Å²) in [6.07, 6.45) is 9.67. The third kappa shape index (κ3) is 3.15. The molecule has 1 N–H and O–H groups in total. The maximum atomic E-state index is 12.4. The van der Waals surface area contributed by atoms with Crippen molar-refractivity contribution in [3.8, 4) is 5.69 Å². The minimum Gasteiger partial charge on any atom is -0.321 e. The van der Waals surface area contributed by atoms with Crippen molar-refractivity contribution in [3.63, 3.8) is 0 Å². The summed E-state index contributed by atoms with van der Waals surface area (Å²) in [6.45, 7) is 0. The molecule has 118 valence electrons. The number of halogens is 1. The number of nitrogens with zero attached hydrogens (tertiary/aromatic N) is 3. The molecular formula is C17H17ClN4O. The zero-order chi connectivity index (χ0) is 15.8. The van der Waals surface area contributed by atoms with Crippen molar-refractivity contribution in [1.29, 1.82) is 0 Å². The van der Waals surface area contributed by atoms with Crippen LogP contribution in [-0.4, -0.2) is 20.7 Å². The Morgan fingerprint density at radius 1 is 1.26 bits per heavy atom. The Kier molecular flexibility index (Phi) is 3.65. The fraction of sp³-hybridized carbons (Fsp3) is 0.353. The van der Waals surface area contributed by atoms with Crippen LogP contribution in [0.1, 0.15) is 25.7 Å². The molecule has 2 aromatic rings. The summed E-state index contributed by atoms with van der Waals surface area (Å²) in [7, 11) is 0. The molecule has 0 unspecified atom stereocenters. The van der Waals surface area contributed by atoms with Crippen LogP contribution in [0.5, 0.6) is 0 Å². The maximum Gasteiger partial charge on any atom is 0.248 e. The third-order valence-electron chi connectivity index (χ3n) is 4.29. The standard InChI is InChI=1S/C17H17ClN4O/c18-14-2-1-3-15(17(14)22-10-19-9-20-22)21-16(23)8-13(11-4-5-11)12-6-7-12/h1-3,8-12H,4-7H2,(H,21,23). The van der Waals surface area contributed by atoms with Crippen LogP contribution < -0.4 is 5.32 Å². The highest BCUT2D eigenvalue weighted by atomic mass is 35.5. The first-order valence-corrected chi connectivity index (χ1v) is 8.26. The second-order valence-electron chi connectivity index (χ2n) is 6.16. The Balaban J connectivity index is 1.60. The maximum absolute atomic E-state index is 12.4. The van der Waals surface area contributed by atoms with E-state index in [0.717, 1.165) is 0 Å². The van der Waals surface area contributed by atoms with Crippen LogP contribution in [0.2, 0.25) is 5.02 Å². The molecule has 5 nitrogen and oxygen atoms in total. The van der Waals surface area contributed by atoms with E-state index in [2.05, 4.69) is 15.4 Å². The van der Waals surface area contributed by atoms with E-state index in [9.17, 15) is 4.79 Å². The summed E-state index contributed by atoms with van der Waals surface area (Å²) in [4.78, 5) is 16.4. The van der Waals surface area contributed by atoms with Crippen molar-refractivity contribution in [2.24, 2.45) is 11.8 Å². The fourth-order valence-electron chi connectivity index (χ4n) is 2.90. The predicted molar refractivity (Wildman–Crippen MR) is 88.5 cm³/mol. The number of rotatable bonds is 5. The molecule has 2 fully saturated rings. The molecule has 2 aliphatic rings. The van der Waals surface area contributed by atoms with Crippen molar-refractivity contribution in [2.75, 3.05) is 5.32 Å². The molecule has 0 saturated heterocycles. The van der Waals surface area contributed by atoms with E-state index in [0.29, 0.717) is 28.2 Å². The first-order chi connectivity index (χ1) is 11.2. The van der Waals surface area contributed by atoms with Gasteiger partial charge in [0.05, 0.1) is 10.7 Å². The minimum atomic E-state index is -0.0950. The molecule has 0 aliphatic heterocycles. The molecule has 0 atom stereocenters. The lowest BCUT2D eigenvalue weighted by atomic mass is 10.1. The van der Waals surface area contributed by atoms with Gasteiger partial charge in [-0.3, -0.25) is 4.79 Å². The van der Waals surface area contributed by atoms with E-state index in [-0.39, 0.29) is 5.91 Å². The number of hydrogen-bond acceptors (Lipinski definition) is 3. The highest BCUT2D eigenvalue weighted by molar-refractivity contribution is 6.33. The third-order valence-corrected chi connectivity index (χ3v) is 4.59. The average Bonchev–Trinajstić information content (AvgIpc) is 3.45. The van der Waals surface area contributed by atoms with Crippen LogP contribution in [-0.2, 0) is 4.79 Å². The van der Waals surface area contributed by atoms with Gasteiger partial charge in [0.15, 0.2) is 0 Å². The van der Waals surface area contributed by atoms with E-state index < -0.39 is 0 Å². The Morgan fingerprint density at radius 3 is 2.61 bits per heavy atom. The summed E-state index contributed by atoms with van der Waals surface area (Å²) in [6, 6.07) is 5.40. The molecule has 0 spiro atoms. The van der Waals surface area contributed by atoms with E-state index >= 15 is 0 Å². The SMILES string of the molecule is O=C(C=C(C1CC1)C1CC1)Nc1cccc(Cl)c1-n1cncn1. The summed E-state index contributed by atoms with van der Waals surface area (Å²) in [5, 5.41) is 7.57. The van der Waals surface area contributed by atoms with Crippen LogP contribution in [0.15, 0.2) is 42.5 Å². The summed E-state index contributed by atoms with van der Waals surface area (Å²) >= 11 is 6.28. The van der Waals surface area contributed by atoms with Crippen molar-refractivity contribution < 1.29 is 4.79 Å². The quantitative estimate of drug-likeness (QED) is 0.853. The molecule has 4 rings (SSSR count). The number of anilines is 1. The lowest BCUT2D eigenvalue weighted by Crippen LogP contribution is -2.13. The summed E-state index contributed by atoms with van der Waals surface area (Å²) in [5.74, 6) is 1.16. The fourth-order valence-corrected chi connectivity index (χ4v) is 3.16. The first kappa shape index (κ1) is 14.5. The Labute approximate surface area is 139 Å². The van der Waals surface area contributed by atoms with E-state index in [1.807, 2.05) is 12.1 Å². The van der Waals surface area contributed by atoms with Crippen LogP contribution in [0, 0.1) is 11.8 Å². The van der Waals surface area contributed by atoms with Gasteiger partial charge in [-0.2, -0.15) is 5.10 Å². The molecule has 0 bridgehead atoms. The lowest BCUT2D eigenvalue weighted by molar-refractivity contribution is -0.112. The first-order valence-electron chi connectivity index (χ1n) is 7.88. The molecule has 6 heteroatoms. The van der Waals surface area contributed by atoms with Crippen molar-refractivity contribution in [3.05, 3.63) is 47.5 Å². The molecular weight excluding hydrogens is 312 g/mol. The highest BCUT2D eigenvalue weighted by Crippen LogP contribution is 2.48. The monoisotopic (exact) mass is 328 g/mol. The highest BCUT2D eigenvalue weighted by Gasteiger charge is 2.36. The Bertz CT molecular complexity index is 747. The Hall–Kier alpha value is -2.14. The van der Waals surface area contributed by atoms with Crippen LogP contribution in [0.25, 0.3) is 5.69 Å². The van der Waals surface area contributed by atoms with Gasteiger partial charge in [-0.1, -0.05) is 23.2 Å². The van der Waals surface area contributed by atoms with Gasteiger partial charge in [-0.15, -0.1) is 0 Å². The zero-order valence-electron chi connectivity index (χ0n) is 12.6. The lowest BCUT2D eigenvalue weighted by Gasteiger charge is -2.12. The van der Waals surface area contributed by atoms with E-state index in [1.54, 1.807) is 23.2 Å². The average molecular weight is 329 g/mol. The number of nitrogens with one attached hydrogen (secondary N) is 1. The van der Waals surface area contributed by atoms with E-state index in [1.165, 1.54) is 37.6 Å². The van der Waals surface area contributed by atoms with Gasteiger partial charge in [0.25, 0.3) is 0 Å². The van der Waals surface area contributed by atoms with Crippen molar-refractivity contribution in [1.82, 2.24) is 14.8 Å². The molecule has 2 aliphatic carbocycles. The number of carbonyl (C=O) groups excluding carboxylic acids is 1. The Morgan fingerprint density at radius 2 is 2.00 bits per heavy atom. The van der Waals surface area contributed by atoms with Gasteiger partial charge in [0.2, 0.25) is 5.91 Å². The van der Waals surface area contributed by atoms with Crippen molar-refractivity contribution in [2.45, 2.75) is 25.7 Å². The number of carbonyl (C=O) groups is 1. The minimum absolute atomic E-state index is 0.0950. The molecule has 23 heavy (non-hydrogen) atoms. The smallest absolute Gasteiger partial charge is 0.248 e. The second kappa shape index (κ2) is 5.81. The van der Waals surface area contributed by atoms with Gasteiger partial charge in [0.1, 0.15) is 18.3 Å². The summed E-state index contributed by atoms with van der Waals surface area (Å²) < 4.78 is 1.56. The molecule has 2 saturated carbocycles. The normalized spacial score (nSPS) is 16.9. The van der Waals surface area contributed by atoms with E-state index in [4.69, 9.17) is 11.6 Å². The van der Waals surface area contributed by atoms with Gasteiger partial charge in [0, 0.05) is 6.08 Å². The van der Waals surface area contributed by atoms with Gasteiger partial charge < -0.3 is 5.32 Å². The number of allylic oxidation sites excluding steroid dienone is 1. The number of benzene rings is 1. The summed E-state index contributed by atoms with van der Waals surface area (Å²) in [5.41, 5.74) is 2.59. The number of amides is 1. The number of aromatic nitrogens is 3. The van der Waals surface area contributed by atoms with Gasteiger partial charge in [-0.25, -0.2) is 9.67 Å². The second-order valence-corrected chi connectivity index (χ2v) is 6.57. The predicted octanol–water partition coefficient (Wildman–Crippen LogP) is 3.61. The topological polar surface area (TPSA) is 59.8 Å². The number of hydrogen-bond donors (Lipinski definition) is 1. The number of para-hydroxylation sites is 1. The molecule has 0 radical (unpaired) electrons.